The summed E-state index contributed by atoms with van der Waals surface area (Å²) in [5.74, 6) is 0. The summed E-state index contributed by atoms with van der Waals surface area (Å²) in [6, 6.07) is 7.65. The summed E-state index contributed by atoms with van der Waals surface area (Å²) in [6.45, 7) is 0. The smallest absolute Gasteiger partial charge is 0.0957 e. The van der Waals surface area contributed by atoms with Crippen molar-refractivity contribution in [1.82, 2.24) is 14.8 Å². The Balaban J connectivity index is 2.09. The Labute approximate surface area is 104 Å². The van der Waals surface area contributed by atoms with Crippen molar-refractivity contribution < 1.29 is 0 Å². The van der Waals surface area contributed by atoms with Crippen LogP contribution in [0.3, 0.4) is 0 Å². The molecule has 18 heavy (non-hydrogen) atoms. The van der Waals surface area contributed by atoms with Gasteiger partial charge in [-0.25, -0.2) is 0 Å². The van der Waals surface area contributed by atoms with Crippen molar-refractivity contribution >= 4 is 28.0 Å². The van der Waals surface area contributed by atoms with Crippen molar-refractivity contribution in [2.75, 3.05) is 11.1 Å². The Hall–Kier alpha value is -2.56. The van der Waals surface area contributed by atoms with Crippen LogP contribution in [0.4, 0.5) is 17.1 Å². The molecular formula is C13H13N5. The fourth-order valence-corrected chi connectivity index (χ4v) is 1.94. The van der Waals surface area contributed by atoms with Crippen LogP contribution in [0.5, 0.6) is 0 Å². The van der Waals surface area contributed by atoms with E-state index < -0.39 is 0 Å². The van der Waals surface area contributed by atoms with Crippen molar-refractivity contribution in [2.24, 2.45) is 7.05 Å². The summed E-state index contributed by atoms with van der Waals surface area (Å²) < 4.78 is 1.75. The van der Waals surface area contributed by atoms with Crippen LogP contribution in [0.2, 0.25) is 0 Å². The largest absolute Gasteiger partial charge is 0.398 e. The van der Waals surface area contributed by atoms with Gasteiger partial charge in [0.1, 0.15) is 0 Å². The Morgan fingerprint density at radius 1 is 1.28 bits per heavy atom. The minimum absolute atomic E-state index is 0.731. The third-order valence-electron chi connectivity index (χ3n) is 2.79. The number of nitrogens with zero attached hydrogens (tertiary/aromatic N) is 3. The van der Waals surface area contributed by atoms with E-state index in [1.807, 2.05) is 37.5 Å². The highest BCUT2D eigenvalue weighted by Crippen LogP contribution is 2.28. The van der Waals surface area contributed by atoms with E-state index in [0.29, 0.717) is 0 Å². The van der Waals surface area contributed by atoms with E-state index in [1.54, 1.807) is 17.1 Å². The van der Waals surface area contributed by atoms with Crippen molar-refractivity contribution in [2.45, 2.75) is 0 Å². The van der Waals surface area contributed by atoms with Crippen LogP contribution in [0.15, 0.2) is 42.9 Å². The van der Waals surface area contributed by atoms with Gasteiger partial charge in [0.25, 0.3) is 0 Å². The van der Waals surface area contributed by atoms with Gasteiger partial charge in [-0.3, -0.25) is 9.67 Å². The monoisotopic (exact) mass is 239 g/mol. The van der Waals surface area contributed by atoms with Gasteiger partial charge in [-0.2, -0.15) is 5.10 Å². The number of rotatable bonds is 2. The lowest BCUT2D eigenvalue weighted by molar-refractivity contribution is 0.768. The van der Waals surface area contributed by atoms with Crippen LogP contribution in [-0.2, 0) is 7.05 Å². The molecule has 0 aliphatic heterocycles. The molecule has 1 aromatic carbocycles. The standard InChI is InChI=1S/C13H13N5/c1-18-8-9(7-16-18)17-12-5-4-11(14)10-3-2-6-15-13(10)12/h2-8,17H,14H2,1H3. The summed E-state index contributed by atoms with van der Waals surface area (Å²) in [4.78, 5) is 4.38. The van der Waals surface area contributed by atoms with Crippen LogP contribution < -0.4 is 11.1 Å². The van der Waals surface area contributed by atoms with Crippen molar-refractivity contribution in [1.29, 1.82) is 0 Å². The Bertz CT molecular complexity index is 701. The van der Waals surface area contributed by atoms with Crippen molar-refractivity contribution in [3.05, 3.63) is 42.9 Å². The lowest BCUT2D eigenvalue weighted by Gasteiger charge is -2.08. The van der Waals surface area contributed by atoms with Crippen LogP contribution in [-0.4, -0.2) is 14.8 Å². The van der Waals surface area contributed by atoms with Gasteiger partial charge in [-0.15, -0.1) is 0 Å². The molecule has 0 amide bonds. The summed E-state index contributed by atoms with van der Waals surface area (Å²) in [5, 5.41) is 8.36. The highest BCUT2D eigenvalue weighted by Gasteiger charge is 2.05. The minimum atomic E-state index is 0.731. The van der Waals surface area contributed by atoms with Gasteiger partial charge < -0.3 is 11.1 Å². The van der Waals surface area contributed by atoms with Gasteiger partial charge in [-0.05, 0) is 24.3 Å². The number of anilines is 3. The van der Waals surface area contributed by atoms with Crippen molar-refractivity contribution in [3.63, 3.8) is 0 Å². The second-order valence-corrected chi connectivity index (χ2v) is 4.13. The number of aromatic nitrogens is 3. The number of benzene rings is 1. The predicted octanol–water partition coefficient (Wildman–Crippen LogP) is 2.29. The first-order valence-electron chi connectivity index (χ1n) is 5.63. The van der Waals surface area contributed by atoms with E-state index in [0.717, 1.165) is 28.0 Å². The van der Waals surface area contributed by atoms with Gasteiger partial charge in [-0.1, -0.05) is 0 Å². The molecule has 2 aromatic heterocycles. The number of hydrogen-bond donors (Lipinski definition) is 2. The normalized spacial score (nSPS) is 10.7. The maximum Gasteiger partial charge on any atom is 0.0957 e. The predicted molar refractivity (Wildman–Crippen MR) is 72.6 cm³/mol. The molecule has 0 unspecified atom stereocenters. The molecule has 2 heterocycles. The summed E-state index contributed by atoms with van der Waals surface area (Å²) >= 11 is 0. The van der Waals surface area contributed by atoms with Crippen LogP contribution in [0, 0.1) is 0 Å². The Morgan fingerprint density at radius 2 is 2.17 bits per heavy atom. The highest BCUT2D eigenvalue weighted by molar-refractivity contribution is 5.99. The fraction of sp³-hybridized carbons (Fsp3) is 0.0769. The molecule has 0 fully saturated rings. The van der Waals surface area contributed by atoms with E-state index in [-0.39, 0.29) is 0 Å². The lowest BCUT2D eigenvalue weighted by Crippen LogP contribution is -1.95. The molecule has 0 aliphatic rings. The van der Waals surface area contributed by atoms with E-state index in [4.69, 9.17) is 5.73 Å². The van der Waals surface area contributed by atoms with Gasteiger partial charge in [0.05, 0.1) is 23.1 Å². The summed E-state index contributed by atoms with van der Waals surface area (Å²) in [5.41, 5.74) is 9.38. The molecule has 0 bridgehead atoms. The molecule has 0 atom stereocenters. The highest BCUT2D eigenvalue weighted by atomic mass is 15.3. The molecule has 0 saturated heterocycles. The molecule has 0 saturated carbocycles. The Kier molecular flexibility index (Phi) is 2.37. The average Bonchev–Trinajstić information content (AvgIpc) is 2.79. The first-order valence-corrected chi connectivity index (χ1v) is 5.63. The molecule has 3 N–H and O–H groups in total. The quantitative estimate of drug-likeness (QED) is 0.673. The summed E-state index contributed by atoms with van der Waals surface area (Å²) in [6.07, 6.45) is 5.44. The van der Waals surface area contributed by atoms with E-state index in [9.17, 15) is 0 Å². The maximum atomic E-state index is 5.94. The molecule has 5 nitrogen and oxygen atoms in total. The second kappa shape index (κ2) is 4.03. The van der Waals surface area contributed by atoms with Crippen LogP contribution >= 0.6 is 0 Å². The first-order chi connectivity index (χ1) is 8.74. The number of hydrogen-bond acceptors (Lipinski definition) is 4. The number of pyridine rings is 1. The SMILES string of the molecule is Cn1cc(Nc2ccc(N)c3cccnc23)cn1. The molecule has 90 valence electrons. The van der Waals surface area contributed by atoms with Crippen LogP contribution in [0.25, 0.3) is 10.9 Å². The number of nitrogen functional groups attached to an aromatic ring is 1. The average molecular weight is 239 g/mol. The molecule has 0 radical (unpaired) electrons. The van der Waals surface area contributed by atoms with Crippen molar-refractivity contribution in [3.8, 4) is 0 Å². The van der Waals surface area contributed by atoms with Crippen LogP contribution in [0.1, 0.15) is 0 Å². The zero-order valence-corrected chi connectivity index (χ0v) is 9.96. The van der Waals surface area contributed by atoms with E-state index in [2.05, 4.69) is 15.4 Å². The van der Waals surface area contributed by atoms with Gasteiger partial charge in [0.2, 0.25) is 0 Å². The number of fused-ring (bicyclic) bond motifs is 1. The number of nitrogens with one attached hydrogen (secondary N) is 1. The topological polar surface area (TPSA) is 68.8 Å². The maximum absolute atomic E-state index is 5.94. The van der Waals surface area contributed by atoms with E-state index in [1.165, 1.54) is 0 Å². The Morgan fingerprint density at radius 3 is 2.94 bits per heavy atom. The van der Waals surface area contributed by atoms with E-state index >= 15 is 0 Å². The fourth-order valence-electron chi connectivity index (χ4n) is 1.94. The molecular weight excluding hydrogens is 226 g/mol. The second-order valence-electron chi connectivity index (χ2n) is 4.13. The zero-order chi connectivity index (χ0) is 12.5. The summed E-state index contributed by atoms with van der Waals surface area (Å²) in [7, 11) is 1.88. The zero-order valence-electron chi connectivity index (χ0n) is 9.96. The third-order valence-corrected chi connectivity index (χ3v) is 2.79. The number of aryl methyl sites for hydroxylation is 1. The van der Waals surface area contributed by atoms with Gasteiger partial charge >= 0.3 is 0 Å². The molecule has 5 heteroatoms. The number of nitrogens with two attached hydrogens (primary N) is 1. The molecule has 0 aliphatic carbocycles. The minimum Gasteiger partial charge on any atom is -0.398 e. The third kappa shape index (κ3) is 1.75. The first kappa shape index (κ1) is 10.6. The lowest BCUT2D eigenvalue weighted by atomic mass is 10.1. The molecule has 0 spiro atoms. The van der Waals surface area contributed by atoms with Gasteiger partial charge in [0, 0.05) is 30.5 Å². The van der Waals surface area contributed by atoms with Gasteiger partial charge in [0.15, 0.2) is 0 Å². The molecule has 3 aromatic rings. The molecule has 3 rings (SSSR count).